The molecule has 1 aliphatic heterocycles. The summed E-state index contributed by atoms with van der Waals surface area (Å²) in [6.45, 7) is 6.92. The van der Waals surface area contributed by atoms with E-state index in [1.165, 1.54) is 15.7 Å². The smallest absolute Gasteiger partial charge is 0.255 e. The Bertz CT molecular complexity index is 1070. The van der Waals surface area contributed by atoms with Gasteiger partial charge >= 0.3 is 0 Å². The lowest BCUT2D eigenvalue weighted by Crippen LogP contribution is -2.44. The monoisotopic (exact) mass is 459 g/mol. The number of morpholine rings is 1. The first-order chi connectivity index (χ1) is 16.5. The van der Waals surface area contributed by atoms with Gasteiger partial charge in [-0.3, -0.25) is 14.5 Å². The molecule has 1 fully saturated rings. The molecular formula is C28H33N3O3. The molecule has 0 saturated carbocycles. The fraction of sp³-hybridized carbons (Fsp3) is 0.357. The predicted octanol–water partition coefficient (Wildman–Crippen LogP) is 3.30. The number of hydrogen-bond donors (Lipinski definition) is 0. The molecule has 3 aromatic rings. The topological polar surface area (TPSA) is 54.8 Å². The summed E-state index contributed by atoms with van der Waals surface area (Å²) in [6.07, 6.45) is 1.65. The van der Waals surface area contributed by atoms with E-state index in [4.69, 9.17) is 4.74 Å². The third kappa shape index (κ3) is 5.82. The van der Waals surface area contributed by atoms with Crippen LogP contribution in [-0.4, -0.2) is 66.2 Å². The molecule has 1 saturated heterocycles. The number of aryl methyl sites for hydroxylation is 2. The number of carbonyl (C=O) groups excluding carboxylic acids is 1. The van der Waals surface area contributed by atoms with Crippen molar-refractivity contribution >= 4 is 5.91 Å². The standard InChI is InChI=1S/C28H33N3O3/c1-22-19-25(20-29(2)27(22)32)28(33)31(14-13-30-15-17-34-18-16-30)21-26(23-9-5-3-6-10-23)24-11-7-4-8-12-24/h3-12,19-20,26H,13-18,21H2,1-2H3. The van der Waals surface area contributed by atoms with Crippen LogP contribution < -0.4 is 5.56 Å². The molecule has 2 heterocycles. The molecule has 34 heavy (non-hydrogen) atoms. The molecule has 6 heteroatoms. The molecule has 0 atom stereocenters. The Morgan fingerprint density at radius 2 is 1.59 bits per heavy atom. The molecule has 0 N–H and O–H groups in total. The normalized spacial score (nSPS) is 14.3. The van der Waals surface area contributed by atoms with E-state index in [9.17, 15) is 9.59 Å². The van der Waals surface area contributed by atoms with Crippen molar-refractivity contribution in [2.24, 2.45) is 7.05 Å². The van der Waals surface area contributed by atoms with Crippen LogP contribution in [0.5, 0.6) is 0 Å². The first kappa shape index (κ1) is 23.9. The van der Waals surface area contributed by atoms with Crippen molar-refractivity contribution in [2.45, 2.75) is 12.8 Å². The summed E-state index contributed by atoms with van der Waals surface area (Å²) in [5.41, 5.74) is 3.39. The van der Waals surface area contributed by atoms with E-state index >= 15 is 0 Å². The highest BCUT2D eigenvalue weighted by Gasteiger charge is 2.24. The van der Waals surface area contributed by atoms with Gasteiger partial charge in [-0.05, 0) is 24.1 Å². The molecule has 0 bridgehead atoms. The van der Waals surface area contributed by atoms with Crippen molar-refractivity contribution in [1.29, 1.82) is 0 Å². The van der Waals surface area contributed by atoms with Crippen LogP contribution in [0.2, 0.25) is 0 Å². The summed E-state index contributed by atoms with van der Waals surface area (Å²) in [4.78, 5) is 30.3. The Morgan fingerprint density at radius 1 is 1.00 bits per heavy atom. The van der Waals surface area contributed by atoms with E-state index in [0.29, 0.717) is 24.2 Å². The summed E-state index contributed by atoms with van der Waals surface area (Å²) >= 11 is 0. The van der Waals surface area contributed by atoms with Gasteiger partial charge in [0.2, 0.25) is 0 Å². The maximum absolute atomic E-state index is 13.8. The lowest BCUT2D eigenvalue weighted by Gasteiger charge is -2.32. The minimum Gasteiger partial charge on any atom is -0.379 e. The molecule has 0 aliphatic carbocycles. The highest BCUT2D eigenvalue weighted by Crippen LogP contribution is 2.26. The first-order valence-electron chi connectivity index (χ1n) is 11.9. The second kappa shape index (κ2) is 11.3. The number of aromatic nitrogens is 1. The Labute approximate surface area is 201 Å². The lowest BCUT2D eigenvalue weighted by molar-refractivity contribution is 0.0323. The van der Waals surface area contributed by atoms with Crippen molar-refractivity contribution in [2.75, 3.05) is 45.9 Å². The average molecular weight is 460 g/mol. The van der Waals surface area contributed by atoms with Gasteiger partial charge in [-0.1, -0.05) is 60.7 Å². The number of amides is 1. The van der Waals surface area contributed by atoms with Gasteiger partial charge < -0.3 is 14.2 Å². The number of rotatable bonds is 8. The first-order valence-corrected chi connectivity index (χ1v) is 11.9. The third-order valence-corrected chi connectivity index (χ3v) is 6.49. The number of ether oxygens (including phenoxy) is 1. The Hall–Kier alpha value is -3.22. The fourth-order valence-corrected chi connectivity index (χ4v) is 4.53. The zero-order valence-corrected chi connectivity index (χ0v) is 20.0. The largest absolute Gasteiger partial charge is 0.379 e. The van der Waals surface area contributed by atoms with E-state index in [1.807, 2.05) is 41.3 Å². The van der Waals surface area contributed by atoms with Crippen molar-refractivity contribution in [3.8, 4) is 0 Å². The van der Waals surface area contributed by atoms with E-state index in [1.54, 1.807) is 26.2 Å². The minimum atomic E-state index is -0.0807. The van der Waals surface area contributed by atoms with Crippen molar-refractivity contribution < 1.29 is 9.53 Å². The molecule has 0 spiro atoms. The summed E-state index contributed by atoms with van der Waals surface area (Å²) in [5.74, 6) is -0.00603. The van der Waals surface area contributed by atoms with Gasteiger partial charge in [-0.25, -0.2) is 0 Å². The zero-order chi connectivity index (χ0) is 23.9. The number of nitrogens with zero attached hydrogens (tertiary/aromatic N) is 3. The minimum absolute atomic E-state index is 0.0460. The van der Waals surface area contributed by atoms with Gasteiger partial charge in [0, 0.05) is 57.4 Å². The summed E-state index contributed by atoms with van der Waals surface area (Å²) in [6, 6.07) is 22.4. The molecule has 1 aliphatic rings. The van der Waals surface area contributed by atoms with Crippen molar-refractivity contribution in [1.82, 2.24) is 14.4 Å². The Morgan fingerprint density at radius 3 is 2.15 bits per heavy atom. The zero-order valence-electron chi connectivity index (χ0n) is 20.0. The summed E-state index contributed by atoms with van der Waals surface area (Å²) in [5, 5.41) is 0. The lowest BCUT2D eigenvalue weighted by atomic mass is 9.90. The SMILES string of the molecule is Cc1cc(C(=O)N(CCN2CCOCC2)CC(c2ccccc2)c2ccccc2)cn(C)c1=O. The molecule has 4 rings (SSSR count). The van der Waals surface area contributed by atoms with Crippen molar-refractivity contribution in [3.05, 3.63) is 106 Å². The summed E-state index contributed by atoms with van der Waals surface area (Å²) < 4.78 is 6.98. The van der Waals surface area contributed by atoms with E-state index in [2.05, 4.69) is 29.2 Å². The van der Waals surface area contributed by atoms with E-state index in [-0.39, 0.29) is 17.4 Å². The molecular weight excluding hydrogens is 426 g/mol. The van der Waals surface area contributed by atoms with Crippen LogP contribution in [0.4, 0.5) is 0 Å². The maximum Gasteiger partial charge on any atom is 0.255 e. The van der Waals surface area contributed by atoms with Crippen LogP contribution in [0.3, 0.4) is 0 Å². The van der Waals surface area contributed by atoms with Gasteiger partial charge in [0.25, 0.3) is 11.5 Å². The van der Waals surface area contributed by atoms with Crippen LogP contribution in [0.15, 0.2) is 77.7 Å². The second-order valence-electron chi connectivity index (χ2n) is 8.91. The number of hydrogen-bond acceptors (Lipinski definition) is 4. The van der Waals surface area contributed by atoms with E-state index in [0.717, 1.165) is 32.8 Å². The number of benzene rings is 2. The van der Waals surface area contributed by atoms with Crippen molar-refractivity contribution in [3.63, 3.8) is 0 Å². The summed E-state index contributed by atoms with van der Waals surface area (Å²) in [7, 11) is 1.70. The molecule has 0 radical (unpaired) electrons. The van der Waals surface area contributed by atoms with E-state index < -0.39 is 0 Å². The fourth-order valence-electron chi connectivity index (χ4n) is 4.53. The highest BCUT2D eigenvalue weighted by molar-refractivity contribution is 5.94. The number of pyridine rings is 1. The van der Waals surface area contributed by atoms with Crippen LogP contribution in [0.1, 0.15) is 33.0 Å². The van der Waals surface area contributed by atoms with Gasteiger partial charge in [0.15, 0.2) is 0 Å². The van der Waals surface area contributed by atoms with Gasteiger partial charge in [-0.15, -0.1) is 0 Å². The third-order valence-electron chi connectivity index (χ3n) is 6.49. The highest BCUT2D eigenvalue weighted by atomic mass is 16.5. The average Bonchev–Trinajstić information content (AvgIpc) is 2.88. The van der Waals surface area contributed by atoms with Gasteiger partial charge in [0.1, 0.15) is 0 Å². The van der Waals surface area contributed by atoms with Crippen LogP contribution in [0.25, 0.3) is 0 Å². The van der Waals surface area contributed by atoms with Gasteiger partial charge in [-0.2, -0.15) is 0 Å². The van der Waals surface area contributed by atoms with Crippen LogP contribution in [-0.2, 0) is 11.8 Å². The maximum atomic E-state index is 13.8. The quantitative estimate of drug-likeness (QED) is 0.519. The number of carbonyl (C=O) groups is 1. The molecule has 178 valence electrons. The molecule has 1 aromatic heterocycles. The Balaban J connectivity index is 1.65. The molecule has 1 amide bonds. The molecule has 0 unspecified atom stereocenters. The molecule has 6 nitrogen and oxygen atoms in total. The predicted molar refractivity (Wildman–Crippen MR) is 134 cm³/mol. The Kier molecular flexibility index (Phi) is 7.93. The molecule has 2 aromatic carbocycles. The van der Waals surface area contributed by atoms with Gasteiger partial charge in [0.05, 0.1) is 18.8 Å². The van der Waals surface area contributed by atoms with Crippen LogP contribution in [0, 0.1) is 6.92 Å². The second-order valence-corrected chi connectivity index (χ2v) is 8.91. The van der Waals surface area contributed by atoms with Crippen LogP contribution >= 0.6 is 0 Å².